The summed E-state index contributed by atoms with van der Waals surface area (Å²) in [4.78, 5) is 0. The van der Waals surface area contributed by atoms with Crippen molar-refractivity contribution in [1.29, 1.82) is 5.41 Å². The van der Waals surface area contributed by atoms with Crippen LogP contribution in [0.15, 0.2) is 30.3 Å². The van der Waals surface area contributed by atoms with Gasteiger partial charge in [0, 0.05) is 0 Å². The minimum Gasteiger partial charge on any atom is -0.454 e. The second-order valence-electron chi connectivity index (χ2n) is 2.27. The molecule has 1 N–H and O–H groups in total. The monoisotopic (exact) mass is 165 g/mol. The zero-order valence-electron chi connectivity index (χ0n) is 6.91. The molecule has 0 saturated heterocycles. The van der Waals surface area contributed by atoms with E-state index in [0.29, 0.717) is 6.61 Å². The van der Waals surface area contributed by atoms with E-state index < -0.39 is 0 Å². The predicted octanol–water partition coefficient (Wildman–Crippen LogP) is 1.78. The highest BCUT2D eigenvalue weighted by Crippen LogP contribution is 2.00. The van der Waals surface area contributed by atoms with Gasteiger partial charge in [0.1, 0.15) is 6.61 Å². The lowest BCUT2D eigenvalue weighted by Crippen LogP contribution is -2.04. The van der Waals surface area contributed by atoms with Gasteiger partial charge < -0.3 is 9.47 Å². The van der Waals surface area contributed by atoms with Crippen LogP contribution in [-0.4, -0.2) is 13.2 Å². The van der Waals surface area contributed by atoms with Crippen LogP contribution in [-0.2, 0) is 16.1 Å². The second kappa shape index (κ2) is 4.38. The minimum atomic E-state index is -0.154. The van der Waals surface area contributed by atoms with Crippen LogP contribution in [0, 0.1) is 5.41 Å². The van der Waals surface area contributed by atoms with Gasteiger partial charge in [-0.15, -0.1) is 0 Å². The highest BCUT2D eigenvalue weighted by atomic mass is 16.7. The number of benzene rings is 1. The fraction of sp³-hybridized carbons (Fsp3) is 0.222. The summed E-state index contributed by atoms with van der Waals surface area (Å²) in [6.45, 7) is 0.382. The molecule has 0 aliphatic rings. The smallest absolute Gasteiger partial charge is 0.380 e. The summed E-state index contributed by atoms with van der Waals surface area (Å²) >= 11 is 0. The average molecular weight is 165 g/mol. The topological polar surface area (TPSA) is 42.3 Å². The van der Waals surface area contributed by atoms with E-state index in [1.54, 1.807) is 0 Å². The number of methoxy groups -OCH3 is 1. The van der Waals surface area contributed by atoms with Crippen molar-refractivity contribution in [2.24, 2.45) is 0 Å². The van der Waals surface area contributed by atoms with E-state index >= 15 is 0 Å². The third-order valence-corrected chi connectivity index (χ3v) is 1.40. The van der Waals surface area contributed by atoms with Crippen molar-refractivity contribution >= 4 is 6.08 Å². The number of nitrogens with one attached hydrogen (secondary N) is 1. The van der Waals surface area contributed by atoms with Crippen molar-refractivity contribution < 1.29 is 9.47 Å². The molecule has 1 aromatic rings. The molecule has 0 radical (unpaired) electrons. The third-order valence-electron chi connectivity index (χ3n) is 1.40. The molecule has 0 spiro atoms. The molecular weight excluding hydrogens is 154 g/mol. The Bertz CT molecular complexity index is 246. The van der Waals surface area contributed by atoms with Gasteiger partial charge in [0.05, 0.1) is 7.11 Å². The van der Waals surface area contributed by atoms with Gasteiger partial charge in [-0.1, -0.05) is 30.3 Å². The lowest BCUT2D eigenvalue weighted by molar-refractivity contribution is 0.184. The lowest BCUT2D eigenvalue weighted by atomic mass is 10.2. The summed E-state index contributed by atoms with van der Waals surface area (Å²) < 4.78 is 9.47. The van der Waals surface area contributed by atoms with Crippen molar-refractivity contribution in [3.8, 4) is 0 Å². The van der Waals surface area contributed by atoms with Gasteiger partial charge in [-0.2, -0.15) is 0 Å². The van der Waals surface area contributed by atoms with Crippen molar-refractivity contribution in [1.82, 2.24) is 0 Å². The van der Waals surface area contributed by atoms with Crippen LogP contribution in [0.1, 0.15) is 5.56 Å². The van der Waals surface area contributed by atoms with E-state index in [1.165, 1.54) is 7.11 Å². The first-order chi connectivity index (χ1) is 5.83. The van der Waals surface area contributed by atoms with Crippen molar-refractivity contribution in [3.63, 3.8) is 0 Å². The molecule has 0 unspecified atom stereocenters. The molecule has 0 atom stereocenters. The first kappa shape index (κ1) is 8.59. The molecule has 1 rings (SSSR count). The number of hydrogen-bond donors (Lipinski definition) is 1. The number of ether oxygens (including phenoxy) is 2. The van der Waals surface area contributed by atoms with Crippen molar-refractivity contribution in [2.75, 3.05) is 7.11 Å². The molecule has 0 aliphatic heterocycles. The molecule has 0 amide bonds. The molecule has 1 aromatic carbocycles. The molecule has 0 bridgehead atoms. The molecule has 12 heavy (non-hydrogen) atoms. The Morgan fingerprint density at radius 3 is 2.58 bits per heavy atom. The Morgan fingerprint density at radius 2 is 2.00 bits per heavy atom. The van der Waals surface area contributed by atoms with E-state index in [4.69, 9.17) is 10.1 Å². The Balaban J connectivity index is 2.38. The number of hydrogen-bond acceptors (Lipinski definition) is 3. The van der Waals surface area contributed by atoms with Gasteiger partial charge in [0.2, 0.25) is 0 Å². The fourth-order valence-electron chi connectivity index (χ4n) is 0.782. The zero-order chi connectivity index (χ0) is 8.81. The molecule has 0 aromatic heterocycles. The summed E-state index contributed by atoms with van der Waals surface area (Å²) in [5.74, 6) is 0. The van der Waals surface area contributed by atoms with E-state index in [9.17, 15) is 0 Å². The maximum absolute atomic E-state index is 7.04. The maximum Gasteiger partial charge on any atom is 0.380 e. The average Bonchev–Trinajstić information content (AvgIpc) is 2.16. The van der Waals surface area contributed by atoms with Crippen LogP contribution < -0.4 is 0 Å². The van der Waals surface area contributed by atoms with Gasteiger partial charge in [-0.3, -0.25) is 0 Å². The van der Waals surface area contributed by atoms with Crippen LogP contribution in [0.2, 0.25) is 0 Å². The van der Waals surface area contributed by atoms with Crippen molar-refractivity contribution in [2.45, 2.75) is 6.61 Å². The van der Waals surface area contributed by atoms with E-state index in [0.717, 1.165) is 5.56 Å². The van der Waals surface area contributed by atoms with Crippen molar-refractivity contribution in [3.05, 3.63) is 35.9 Å². The molecule has 0 fully saturated rings. The SMILES string of the molecule is COC(=N)OCc1ccccc1. The Morgan fingerprint density at radius 1 is 1.33 bits per heavy atom. The molecule has 0 saturated carbocycles. The Hall–Kier alpha value is -1.51. The van der Waals surface area contributed by atoms with Crippen LogP contribution in [0.25, 0.3) is 0 Å². The standard InChI is InChI=1S/C9H11NO2/c1-11-9(10)12-7-8-5-3-2-4-6-8/h2-6,10H,7H2,1H3. The minimum absolute atomic E-state index is 0.154. The van der Waals surface area contributed by atoms with Gasteiger partial charge in [0.25, 0.3) is 0 Å². The van der Waals surface area contributed by atoms with Gasteiger partial charge in [-0.25, -0.2) is 5.41 Å². The summed E-state index contributed by atoms with van der Waals surface area (Å²) in [6.07, 6.45) is -0.154. The van der Waals surface area contributed by atoms with Gasteiger partial charge >= 0.3 is 6.08 Å². The number of rotatable bonds is 2. The van der Waals surface area contributed by atoms with E-state index in [-0.39, 0.29) is 6.08 Å². The predicted molar refractivity (Wildman–Crippen MR) is 46.0 cm³/mol. The van der Waals surface area contributed by atoms with Crippen LogP contribution in [0.3, 0.4) is 0 Å². The second-order valence-corrected chi connectivity index (χ2v) is 2.27. The molecule has 3 nitrogen and oxygen atoms in total. The van der Waals surface area contributed by atoms with Gasteiger partial charge in [-0.05, 0) is 5.56 Å². The molecule has 3 heteroatoms. The van der Waals surface area contributed by atoms with Crippen LogP contribution >= 0.6 is 0 Å². The van der Waals surface area contributed by atoms with E-state index in [1.807, 2.05) is 30.3 Å². The summed E-state index contributed by atoms with van der Waals surface area (Å²) in [6, 6.07) is 9.65. The highest BCUT2D eigenvalue weighted by Gasteiger charge is 1.95. The zero-order valence-corrected chi connectivity index (χ0v) is 6.91. The Kier molecular flexibility index (Phi) is 3.14. The first-order valence-electron chi connectivity index (χ1n) is 3.62. The molecular formula is C9H11NO2. The summed E-state index contributed by atoms with van der Waals surface area (Å²) in [5.41, 5.74) is 1.03. The normalized spacial score (nSPS) is 9.08. The van der Waals surface area contributed by atoms with Crippen LogP contribution in [0.5, 0.6) is 0 Å². The molecule has 0 heterocycles. The molecule has 0 aliphatic carbocycles. The quantitative estimate of drug-likeness (QED) is 0.536. The summed E-state index contributed by atoms with van der Waals surface area (Å²) in [7, 11) is 1.41. The van der Waals surface area contributed by atoms with Crippen LogP contribution in [0.4, 0.5) is 0 Å². The fourth-order valence-corrected chi connectivity index (χ4v) is 0.782. The maximum atomic E-state index is 7.04. The molecule has 64 valence electrons. The first-order valence-corrected chi connectivity index (χ1v) is 3.62. The highest BCUT2D eigenvalue weighted by molar-refractivity contribution is 5.62. The third kappa shape index (κ3) is 2.62. The summed E-state index contributed by atoms with van der Waals surface area (Å²) in [5, 5.41) is 7.04. The van der Waals surface area contributed by atoms with Gasteiger partial charge in [0.15, 0.2) is 0 Å². The lowest BCUT2D eigenvalue weighted by Gasteiger charge is -2.04. The largest absolute Gasteiger partial charge is 0.454 e. The Labute approximate surface area is 71.4 Å². The van der Waals surface area contributed by atoms with E-state index in [2.05, 4.69) is 4.74 Å².